The van der Waals surface area contributed by atoms with Crippen molar-refractivity contribution >= 4 is 10.1 Å². The zero-order valence-electron chi connectivity index (χ0n) is 9.68. The second-order valence-electron chi connectivity index (χ2n) is 3.74. The van der Waals surface area contributed by atoms with Crippen molar-refractivity contribution < 1.29 is 17.7 Å². The molecule has 0 aliphatic carbocycles. The molecule has 0 aliphatic heterocycles. The fourth-order valence-corrected chi connectivity index (χ4v) is 1.81. The Bertz CT molecular complexity index is 724. The molecule has 19 heavy (non-hydrogen) atoms. The highest BCUT2D eigenvalue weighted by Crippen LogP contribution is 2.10. The van der Waals surface area contributed by atoms with E-state index in [-0.39, 0.29) is 12.1 Å². The summed E-state index contributed by atoms with van der Waals surface area (Å²) in [5.41, 5.74) is 0.798. The second kappa shape index (κ2) is 5.24. The molecule has 1 N–H and O–H groups in total. The number of hydrogen-bond acceptors (Lipinski definition) is 6. The van der Waals surface area contributed by atoms with Gasteiger partial charge in [0.1, 0.15) is 16.3 Å². The summed E-state index contributed by atoms with van der Waals surface area (Å²) in [5.74, 6) is -0.521. The summed E-state index contributed by atoms with van der Waals surface area (Å²) in [4.78, 5) is 17.5. The quantitative estimate of drug-likeness (QED) is 0.547. The Labute approximate surface area is 108 Å². The van der Waals surface area contributed by atoms with Crippen molar-refractivity contribution in [2.75, 3.05) is 5.75 Å². The maximum Gasteiger partial charge on any atom is 0.251 e. The Balaban J connectivity index is 2.17. The molecule has 0 atom stereocenters. The minimum atomic E-state index is -4.26. The smallest absolute Gasteiger partial charge is 0.251 e. The van der Waals surface area contributed by atoms with E-state index in [4.69, 9.17) is 0 Å². The largest absolute Gasteiger partial charge is 0.748 e. The fourth-order valence-electron chi connectivity index (χ4n) is 1.40. The lowest BCUT2D eigenvalue weighted by atomic mass is 10.2. The van der Waals surface area contributed by atoms with Gasteiger partial charge in [0, 0.05) is 17.7 Å². The Kier molecular flexibility index (Phi) is 3.67. The predicted octanol–water partition coefficient (Wildman–Crippen LogP) is -1.34. The molecule has 100 valence electrons. The first kappa shape index (κ1) is 13.3. The monoisotopic (exact) mass is 282 g/mol. The van der Waals surface area contributed by atoms with Gasteiger partial charge >= 0.3 is 0 Å². The van der Waals surface area contributed by atoms with Crippen LogP contribution in [0.1, 0.15) is 0 Å². The number of nitrogens with zero attached hydrogens (tertiary/aromatic N) is 3. The van der Waals surface area contributed by atoms with Crippen molar-refractivity contribution in [2.45, 2.75) is 6.54 Å². The van der Waals surface area contributed by atoms with Crippen LogP contribution in [0.4, 0.5) is 0 Å². The molecule has 0 bridgehead atoms. The van der Waals surface area contributed by atoms with Crippen LogP contribution in [0.2, 0.25) is 0 Å². The van der Waals surface area contributed by atoms with Gasteiger partial charge < -0.3 is 9.54 Å². The van der Waals surface area contributed by atoms with Crippen molar-refractivity contribution in [2.24, 2.45) is 0 Å². The number of aromatic amines is 1. The van der Waals surface area contributed by atoms with Crippen molar-refractivity contribution in [3.8, 4) is 11.3 Å². The summed E-state index contributed by atoms with van der Waals surface area (Å²) >= 11 is 0. The van der Waals surface area contributed by atoms with Gasteiger partial charge in [0.15, 0.2) is 12.7 Å². The van der Waals surface area contributed by atoms with E-state index in [1.54, 1.807) is 6.07 Å². The summed E-state index contributed by atoms with van der Waals surface area (Å²) in [6.45, 7) is -0.0189. The third-order valence-corrected chi connectivity index (χ3v) is 3.00. The number of rotatable bonds is 4. The van der Waals surface area contributed by atoms with Crippen LogP contribution >= 0.6 is 0 Å². The molecule has 0 aliphatic rings. The van der Waals surface area contributed by atoms with Crippen molar-refractivity contribution in [1.29, 1.82) is 0 Å². The molecule has 2 heterocycles. The van der Waals surface area contributed by atoms with E-state index in [1.807, 2.05) is 0 Å². The topological polar surface area (TPSA) is 120 Å². The van der Waals surface area contributed by atoms with Gasteiger partial charge in [-0.1, -0.05) is 4.68 Å². The van der Waals surface area contributed by atoms with Crippen LogP contribution in [0, 0.1) is 0 Å². The summed E-state index contributed by atoms with van der Waals surface area (Å²) < 4.78 is 32.8. The predicted molar refractivity (Wildman–Crippen MR) is 62.8 cm³/mol. The zero-order valence-corrected chi connectivity index (χ0v) is 10.5. The molecule has 2 aromatic rings. The molecule has 0 fully saturated rings. The Hall–Kier alpha value is -2.13. The maximum absolute atomic E-state index is 11.1. The van der Waals surface area contributed by atoms with Gasteiger partial charge in [-0.05, 0) is 5.10 Å². The van der Waals surface area contributed by atoms with E-state index >= 15 is 0 Å². The minimum Gasteiger partial charge on any atom is -0.748 e. The molecule has 0 radical (unpaired) electrons. The number of aromatic nitrogens is 4. The molecule has 8 nitrogen and oxygen atoms in total. The summed E-state index contributed by atoms with van der Waals surface area (Å²) in [6.07, 6.45) is 4.24. The molecule has 0 saturated carbocycles. The van der Waals surface area contributed by atoms with Gasteiger partial charge in [0.25, 0.3) is 5.56 Å². The summed E-state index contributed by atoms with van der Waals surface area (Å²) in [6, 6.07) is 2.95. The van der Waals surface area contributed by atoms with Gasteiger partial charge in [0.05, 0.1) is 17.8 Å². The van der Waals surface area contributed by atoms with Crippen molar-refractivity contribution in [3.63, 3.8) is 0 Å². The summed E-state index contributed by atoms with van der Waals surface area (Å²) in [5, 5.41) is 3.95. The molecule has 0 amide bonds. The van der Waals surface area contributed by atoms with E-state index in [2.05, 4.69) is 15.1 Å². The molecule has 2 aromatic heterocycles. The molecule has 0 spiro atoms. The molecule has 2 rings (SSSR count). The molecule has 0 aromatic carbocycles. The van der Waals surface area contributed by atoms with Crippen LogP contribution in [0.15, 0.2) is 35.6 Å². The molecule has 0 saturated heterocycles. The lowest BCUT2D eigenvalue weighted by molar-refractivity contribution is -0.750. The molecular weight excluding hydrogens is 272 g/mol. The van der Waals surface area contributed by atoms with Gasteiger partial charge in [-0.3, -0.25) is 4.79 Å². The number of nitrogens with one attached hydrogen (secondary N) is 1. The standard InChI is InChI=1S/C10H10N4O4S/c15-10-5-9(11-7-12-10)8-1-2-14(13-6-8)3-4-19(16,17)18/h1-2,5-7H,3-4H2,(H-,11,12,15,16,17,18). The fraction of sp³-hybridized carbons (Fsp3) is 0.200. The third-order valence-electron chi connectivity index (χ3n) is 2.32. The number of aryl methyl sites for hydroxylation is 1. The molecular formula is C10H10N4O4S. The first-order valence-corrected chi connectivity index (χ1v) is 6.86. The van der Waals surface area contributed by atoms with E-state index in [0.717, 1.165) is 0 Å². The highest BCUT2D eigenvalue weighted by Gasteiger charge is 2.07. The Morgan fingerprint density at radius 2 is 2.21 bits per heavy atom. The highest BCUT2D eigenvalue weighted by atomic mass is 32.2. The van der Waals surface area contributed by atoms with Gasteiger partial charge in [-0.2, -0.15) is 0 Å². The SMILES string of the molecule is O=c1cc(-c2cc[n+](CCS(=O)(=O)[O-])nc2)nc[nH]1. The van der Waals surface area contributed by atoms with E-state index in [1.165, 1.54) is 29.5 Å². The van der Waals surface area contributed by atoms with E-state index in [0.29, 0.717) is 11.3 Å². The van der Waals surface area contributed by atoms with E-state index < -0.39 is 15.9 Å². The third kappa shape index (κ3) is 3.93. The number of H-pyrrole nitrogens is 1. The minimum absolute atomic E-state index is 0.0189. The van der Waals surface area contributed by atoms with Crippen molar-refractivity contribution in [3.05, 3.63) is 41.2 Å². The first-order valence-electron chi connectivity index (χ1n) is 5.28. The van der Waals surface area contributed by atoms with Crippen LogP contribution in [0.25, 0.3) is 11.3 Å². The average Bonchev–Trinajstić information content (AvgIpc) is 2.36. The lowest BCUT2D eigenvalue weighted by Gasteiger charge is -2.02. The van der Waals surface area contributed by atoms with Crippen LogP contribution in [0.5, 0.6) is 0 Å². The maximum atomic E-state index is 11.1. The number of hydrogen-bond donors (Lipinski definition) is 1. The first-order chi connectivity index (χ1) is 8.94. The van der Waals surface area contributed by atoms with Gasteiger partial charge in [0.2, 0.25) is 0 Å². The average molecular weight is 282 g/mol. The summed E-state index contributed by atoms with van der Waals surface area (Å²) in [7, 11) is -4.26. The van der Waals surface area contributed by atoms with Crippen LogP contribution < -0.4 is 10.2 Å². The zero-order chi connectivity index (χ0) is 13.9. The van der Waals surface area contributed by atoms with Crippen LogP contribution in [-0.4, -0.2) is 33.8 Å². The lowest BCUT2D eigenvalue weighted by Crippen LogP contribution is -2.40. The Morgan fingerprint density at radius 3 is 2.79 bits per heavy atom. The molecule has 9 heteroatoms. The van der Waals surface area contributed by atoms with Gasteiger partial charge in [-0.25, -0.2) is 13.4 Å². The second-order valence-corrected chi connectivity index (χ2v) is 5.26. The normalized spacial score (nSPS) is 11.4. The highest BCUT2D eigenvalue weighted by molar-refractivity contribution is 7.85. The van der Waals surface area contributed by atoms with E-state index in [9.17, 15) is 17.8 Å². The molecule has 0 unspecified atom stereocenters. The van der Waals surface area contributed by atoms with Crippen LogP contribution in [-0.2, 0) is 16.7 Å². The van der Waals surface area contributed by atoms with Gasteiger partial charge in [-0.15, -0.1) is 0 Å². The van der Waals surface area contributed by atoms with Crippen molar-refractivity contribution in [1.82, 2.24) is 15.1 Å². The Morgan fingerprint density at radius 1 is 1.42 bits per heavy atom. The van der Waals surface area contributed by atoms with Crippen LogP contribution in [0.3, 0.4) is 0 Å².